The topological polar surface area (TPSA) is 66.4 Å². The molecule has 0 aliphatic heterocycles. The third-order valence-corrected chi connectivity index (χ3v) is 5.35. The quantitative estimate of drug-likeness (QED) is 0.855. The van der Waals surface area contributed by atoms with E-state index in [0.29, 0.717) is 18.7 Å². The fraction of sp³-hybridized carbons (Fsp3) is 0.333. The zero-order valence-corrected chi connectivity index (χ0v) is 13.7. The molecule has 0 saturated heterocycles. The van der Waals surface area contributed by atoms with Gasteiger partial charge in [-0.3, -0.25) is 0 Å². The van der Waals surface area contributed by atoms with E-state index in [1.807, 2.05) is 0 Å². The van der Waals surface area contributed by atoms with Gasteiger partial charge in [-0.15, -0.1) is 0 Å². The van der Waals surface area contributed by atoms with Crippen molar-refractivity contribution in [1.29, 1.82) is 0 Å². The summed E-state index contributed by atoms with van der Waals surface area (Å²) in [7, 11) is -3.19. The lowest BCUT2D eigenvalue weighted by atomic mass is 10.1. The molecule has 1 aromatic carbocycles. The number of hydrogen-bond acceptors (Lipinski definition) is 5. The lowest BCUT2D eigenvalue weighted by Crippen LogP contribution is -2.21. The van der Waals surface area contributed by atoms with Gasteiger partial charge in [-0.1, -0.05) is 12.1 Å². The van der Waals surface area contributed by atoms with Crippen LogP contribution in [0.5, 0.6) is 0 Å². The van der Waals surface area contributed by atoms with Crippen LogP contribution in [-0.4, -0.2) is 26.3 Å². The predicted molar refractivity (Wildman–Crippen MR) is 85.3 cm³/mol. The Labute approximate surface area is 129 Å². The maximum atomic E-state index is 11.4. The first kappa shape index (κ1) is 16.2. The van der Waals surface area contributed by atoms with E-state index in [9.17, 15) is 13.5 Å². The van der Waals surface area contributed by atoms with Crippen LogP contribution in [-0.2, 0) is 16.4 Å². The molecule has 1 unspecified atom stereocenters. The van der Waals surface area contributed by atoms with E-state index in [4.69, 9.17) is 0 Å². The highest BCUT2D eigenvalue weighted by Gasteiger charge is 2.10. The maximum Gasteiger partial charge on any atom is 0.175 e. The molecule has 0 bridgehead atoms. The van der Waals surface area contributed by atoms with Crippen LogP contribution in [0.1, 0.15) is 22.8 Å². The van der Waals surface area contributed by atoms with Gasteiger partial charge in [-0.05, 0) is 46.5 Å². The Kier molecular flexibility index (Phi) is 5.16. The van der Waals surface area contributed by atoms with Crippen LogP contribution in [0.4, 0.5) is 0 Å². The lowest BCUT2D eigenvalue weighted by Gasteiger charge is -2.12. The van der Waals surface area contributed by atoms with Crippen LogP contribution in [0.15, 0.2) is 39.9 Å². The number of aliphatic hydroxyl groups is 1. The standard InChI is InChI=1S/C15H19NO3S2/c1-11-9-20-10-13(11)7-16-8-15(17)12-3-5-14(6-4-12)21(2,18)19/h3-6,9-10,15-17H,7-8H2,1-2H3. The molecular formula is C15H19NO3S2. The van der Waals surface area contributed by atoms with Gasteiger partial charge < -0.3 is 10.4 Å². The van der Waals surface area contributed by atoms with Crippen molar-refractivity contribution in [3.05, 3.63) is 51.7 Å². The van der Waals surface area contributed by atoms with E-state index in [-0.39, 0.29) is 4.90 Å². The van der Waals surface area contributed by atoms with Gasteiger partial charge >= 0.3 is 0 Å². The molecule has 0 spiro atoms. The second-order valence-electron chi connectivity index (χ2n) is 5.07. The molecule has 2 aromatic rings. The summed E-state index contributed by atoms with van der Waals surface area (Å²) in [6, 6.07) is 6.35. The van der Waals surface area contributed by atoms with Crippen LogP contribution in [0.25, 0.3) is 0 Å². The van der Waals surface area contributed by atoms with Gasteiger partial charge in [0, 0.05) is 19.3 Å². The number of sulfone groups is 1. The Bertz CT molecular complexity index is 690. The highest BCUT2D eigenvalue weighted by Crippen LogP contribution is 2.17. The van der Waals surface area contributed by atoms with Crippen molar-refractivity contribution in [3.8, 4) is 0 Å². The number of hydrogen-bond donors (Lipinski definition) is 2. The highest BCUT2D eigenvalue weighted by atomic mass is 32.2. The van der Waals surface area contributed by atoms with E-state index >= 15 is 0 Å². The maximum absolute atomic E-state index is 11.4. The molecule has 2 rings (SSSR count). The zero-order chi connectivity index (χ0) is 15.5. The molecule has 1 atom stereocenters. The molecule has 4 nitrogen and oxygen atoms in total. The Balaban J connectivity index is 1.91. The number of aryl methyl sites for hydroxylation is 1. The molecule has 1 aromatic heterocycles. The van der Waals surface area contributed by atoms with E-state index in [2.05, 4.69) is 23.0 Å². The fourth-order valence-corrected chi connectivity index (χ4v) is 3.45. The number of nitrogens with one attached hydrogen (secondary N) is 1. The van der Waals surface area contributed by atoms with Gasteiger partial charge in [-0.25, -0.2) is 8.42 Å². The zero-order valence-electron chi connectivity index (χ0n) is 12.0. The summed E-state index contributed by atoms with van der Waals surface area (Å²) in [4.78, 5) is 0.264. The summed E-state index contributed by atoms with van der Waals surface area (Å²) >= 11 is 1.67. The second-order valence-corrected chi connectivity index (χ2v) is 7.83. The minimum Gasteiger partial charge on any atom is -0.387 e. The third-order valence-electron chi connectivity index (χ3n) is 3.31. The SMILES string of the molecule is Cc1cscc1CNCC(O)c1ccc(S(C)(=O)=O)cc1. The van der Waals surface area contributed by atoms with Crippen LogP contribution < -0.4 is 5.32 Å². The van der Waals surface area contributed by atoms with E-state index in [1.54, 1.807) is 23.5 Å². The van der Waals surface area contributed by atoms with Crippen molar-refractivity contribution in [1.82, 2.24) is 5.32 Å². The van der Waals surface area contributed by atoms with Crippen molar-refractivity contribution < 1.29 is 13.5 Å². The molecule has 114 valence electrons. The molecular weight excluding hydrogens is 306 g/mol. The summed E-state index contributed by atoms with van der Waals surface area (Å²) in [5.41, 5.74) is 3.19. The minimum absolute atomic E-state index is 0.264. The first-order valence-corrected chi connectivity index (χ1v) is 9.42. The third kappa shape index (κ3) is 4.38. The monoisotopic (exact) mass is 325 g/mol. The molecule has 1 heterocycles. The number of thiophene rings is 1. The Hall–Kier alpha value is -1.21. The molecule has 0 aliphatic rings. The molecule has 0 fully saturated rings. The van der Waals surface area contributed by atoms with Crippen LogP contribution in [0.3, 0.4) is 0 Å². The largest absolute Gasteiger partial charge is 0.387 e. The molecule has 0 aliphatic carbocycles. The van der Waals surface area contributed by atoms with Gasteiger partial charge in [-0.2, -0.15) is 11.3 Å². The fourth-order valence-electron chi connectivity index (χ4n) is 1.97. The average Bonchev–Trinajstić information content (AvgIpc) is 2.83. The van der Waals surface area contributed by atoms with Gasteiger partial charge in [0.05, 0.1) is 11.0 Å². The minimum atomic E-state index is -3.19. The van der Waals surface area contributed by atoms with Gasteiger partial charge in [0.2, 0.25) is 0 Å². The second kappa shape index (κ2) is 6.70. The van der Waals surface area contributed by atoms with Crippen LogP contribution >= 0.6 is 11.3 Å². The van der Waals surface area contributed by atoms with Gasteiger partial charge in [0.25, 0.3) is 0 Å². The van der Waals surface area contributed by atoms with E-state index in [0.717, 1.165) is 0 Å². The summed E-state index contributed by atoms with van der Waals surface area (Å²) in [6.07, 6.45) is 0.515. The number of benzene rings is 1. The smallest absolute Gasteiger partial charge is 0.175 e. The number of aliphatic hydroxyl groups excluding tert-OH is 1. The molecule has 2 N–H and O–H groups in total. The first-order chi connectivity index (χ1) is 9.88. The normalized spacial score (nSPS) is 13.3. The summed E-state index contributed by atoms with van der Waals surface area (Å²) < 4.78 is 22.8. The van der Waals surface area contributed by atoms with Crippen LogP contribution in [0.2, 0.25) is 0 Å². The molecule has 6 heteroatoms. The highest BCUT2D eigenvalue weighted by molar-refractivity contribution is 7.90. The molecule has 21 heavy (non-hydrogen) atoms. The van der Waals surface area contributed by atoms with Crippen LogP contribution in [0, 0.1) is 6.92 Å². The Morgan fingerprint density at radius 3 is 2.43 bits per heavy atom. The summed E-state index contributed by atoms with van der Waals surface area (Å²) in [5.74, 6) is 0. The molecule has 0 radical (unpaired) electrons. The van der Waals surface area contributed by atoms with Crippen molar-refractivity contribution >= 4 is 21.2 Å². The Morgan fingerprint density at radius 1 is 1.24 bits per heavy atom. The predicted octanol–water partition coefficient (Wildman–Crippen LogP) is 2.28. The molecule has 0 amide bonds. The van der Waals surface area contributed by atoms with E-state index < -0.39 is 15.9 Å². The van der Waals surface area contributed by atoms with Crippen molar-refractivity contribution in [2.24, 2.45) is 0 Å². The Morgan fingerprint density at radius 2 is 1.90 bits per heavy atom. The first-order valence-electron chi connectivity index (χ1n) is 6.58. The van der Waals surface area contributed by atoms with E-state index in [1.165, 1.54) is 29.5 Å². The number of rotatable bonds is 6. The van der Waals surface area contributed by atoms with Crippen molar-refractivity contribution in [2.75, 3.05) is 12.8 Å². The molecule has 0 saturated carbocycles. The lowest BCUT2D eigenvalue weighted by molar-refractivity contribution is 0.174. The van der Waals surface area contributed by atoms with Crippen molar-refractivity contribution in [2.45, 2.75) is 24.5 Å². The van der Waals surface area contributed by atoms with Gasteiger partial charge in [0.15, 0.2) is 9.84 Å². The average molecular weight is 325 g/mol. The summed E-state index contributed by atoms with van der Waals surface area (Å²) in [5, 5.41) is 17.5. The van der Waals surface area contributed by atoms with Gasteiger partial charge in [0.1, 0.15) is 0 Å². The summed E-state index contributed by atoms with van der Waals surface area (Å²) in [6.45, 7) is 3.20. The van der Waals surface area contributed by atoms with Crippen molar-refractivity contribution in [3.63, 3.8) is 0 Å².